The van der Waals surface area contributed by atoms with E-state index in [0.29, 0.717) is 16.7 Å². The summed E-state index contributed by atoms with van der Waals surface area (Å²) in [7, 11) is -3.02. The third-order valence-electron chi connectivity index (χ3n) is 2.06. The normalized spacial score (nSPS) is 10.5. The van der Waals surface area contributed by atoms with Gasteiger partial charge in [-0.2, -0.15) is 0 Å². The number of hydrogen-bond acceptors (Lipinski definition) is 3. The van der Waals surface area contributed by atoms with E-state index in [9.17, 15) is 14.3 Å². The van der Waals surface area contributed by atoms with E-state index < -0.39 is 13.6 Å². The Morgan fingerprint density at radius 1 is 1.20 bits per heavy atom. The van der Waals surface area contributed by atoms with Crippen molar-refractivity contribution in [1.82, 2.24) is 0 Å². The smallest absolute Gasteiger partial charge is 0.588 e. The Kier molecular flexibility index (Phi) is 5.41. The Bertz CT molecular complexity index is 392. The summed E-state index contributed by atoms with van der Waals surface area (Å²) in [4.78, 5) is 21.9. The fourth-order valence-corrected chi connectivity index (χ4v) is 2.14. The first-order chi connectivity index (χ1) is 6.43. The second-order valence-corrected chi connectivity index (χ2v) is 4.26. The van der Waals surface area contributed by atoms with Gasteiger partial charge in [0.15, 0.2) is 0 Å². The van der Waals surface area contributed by atoms with Crippen molar-refractivity contribution in [3.8, 4) is 0 Å². The summed E-state index contributed by atoms with van der Waals surface area (Å²) in [6, 6.07) is 3.61. The van der Waals surface area contributed by atoms with Gasteiger partial charge in [-0.3, -0.25) is 0 Å². The Labute approximate surface area is 102 Å². The Morgan fingerprint density at radius 3 is 1.93 bits per heavy atom. The van der Waals surface area contributed by atoms with E-state index in [1.54, 1.807) is 26.0 Å². The molecule has 0 aliphatic rings. The fraction of sp³-hybridized carbons (Fsp3) is 0.300. The third kappa shape index (κ3) is 3.26. The molecule has 15 heavy (non-hydrogen) atoms. The molecule has 0 fully saturated rings. The molecule has 0 amide bonds. The topological polar surface area (TPSA) is 57.2 Å². The van der Waals surface area contributed by atoms with Crippen molar-refractivity contribution in [2.24, 2.45) is 0 Å². The zero-order valence-electron chi connectivity index (χ0n) is 9.33. The molecule has 0 saturated carbocycles. The first-order valence-corrected chi connectivity index (χ1v) is 5.38. The van der Waals surface area contributed by atoms with Crippen LogP contribution in [0.4, 0.5) is 0 Å². The number of aryl methyl sites for hydroxylation is 3. The molecule has 0 radical (unpaired) electrons. The van der Waals surface area contributed by atoms with Crippen molar-refractivity contribution in [2.45, 2.75) is 20.8 Å². The van der Waals surface area contributed by atoms with Gasteiger partial charge >= 0.3 is 32.4 Å². The van der Waals surface area contributed by atoms with Gasteiger partial charge in [-0.15, -0.1) is 0 Å². The third-order valence-corrected chi connectivity index (χ3v) is 2.61. The van der Waals surface area contributed by atoms with Crippen molar-refractivity contribution in [1.29, 1.82) is 0 Å². The van der Waals surface area contributed by atoms with Crippen LogP contribution in [0.2, 0.25) is 0 Å². The monoisotopic (exact) mass is 217 g/mol. The standard InChI is InChI=1S/C10H11O3P.Li/c1-6-4-7(2)9(8(3)5-6)10(11)14(12)13;/h4-5H,1-3H3;/q;+1. The number of benzene rings is 1. The second-order valence-electron chi connectivity index (χ2n) is 3.34. The van der Waals surface area contributed by atoms with E-state index in [0.717, 1.165) is 5.56 Å². The maximum atomic E-state index is 11.3. The molecule has 0 aliphatic heterocycles. The van der Waals surface area contributed by atoms with E-state index >= 15 is 0 Å². The maximum absolute atomic E-state index is 11.3. The number of rotatable bonds is 2. The van der Waals surface area contributed by atoms with Gasteiger partial charge in [0, 0.05) is 0 Å². The zero-order chi connectivity index (χ0) is 10.9. The first-order valence-electron chi connectivity index (χ1n) is 4.20. The summed E-state index contributed by atoms with van der Waals surface area (Å²) in [5.41, 5.74) is 1.97. The summed E-state index contributed by atoms with van der Waals surface area (Å²) >= 11 is 0. The molecular weight excluding hydrogens is 206 g/mol. The predicted molar refractivity (Wildman–Crippen MR) is 52.6 cm³/mol. The van der Waals surface area contributed by atoms with Crippen LogP contribution in [0, 0.1) is 20.8 Å². The van der Waals surface area contributed by atoms with E-state index in [1.807, 2.05) is 6.92 Å². The summed E-state index contributed by atoms with van der Waals surface area (Å²) < 4.78 is 10.6. The predicted octanol–water partition coefficient (Wildman–Crippen LogP) is -1.14. The molecule has 0 bridgehead atoms. The van der Waals surface area contributed by atoms with E-state index in [2.05, 4.69) is 0 Å². The van der Waals surface area contributed by atoms with E-state index in [-0.39, 0.29) is 18.9 Å². The quantitative estimate of drug-likeness (QED) is 0.464. The average Bonchev–Trinajstić information content (AvgIpc) is 2.01. The number of hydrogen-bond donors (Lipinski definition) is 0. The van der Waals surface area contributed by atoms with Gasteiger partial charge in [0.05, 0.1) is 5.56 Å². The molecule has 5 heteroatoms. The second kappa shape index (κ2) is 5.58. The SMILES string of the molecule is Cc1cc(C)c(C(=O)[P+](=O)[O-])c(C)c1.[Li+]. The van der Waals surface area contributed by atoms with Crippen LogP contribution in [0.15, 0.2) is 12.1 Å². The molecule has 1 aromatic carbocycles. The van der Waals surface area contributed by atoms with Gasteiger partial charge in [0.2, 0.25) is 0 Å². The van der Waals surface area contributed by atoms with Crippen LogP contribution in [-0.4, -0.2) is 5.52 Å². The van der Waals surface area contributed by atoms with Crippen LogP contribution in [0.3, 0.4) is 0 Å². The first kappa shape index (κ1) is 14.5. The van der Waals surface area contributed by atoms with Gasteiger partial charge in [-0.25, -0.2) is 4.79 Å². The van der Waals surface area contributed by atoms with Crippen molar-refractivity contribution in [2.75, 3.05) is 0 Å². The minimum absolute atomic E-state index is 0. The van der Waals surface area contributed by atoms with Gasteiger partial charge < -0.3 is 4.89 Å². The van der Waals surface area contributed by atoms with Crippen LogP contribution in [0.1, 0.15) is 27.0 Å². The molecule has 1 rings (SSSR count). The van der Waals surface area contributed by atoms with Crippen LogP contribution < -0.4 is 23.8 Å². The fourth-order valence-electron chi connectivity index (χ4n) is 1.61. The van der Waals surface area contributed by atoms with Gasteiger partial charge in [-0.05, 0) is 31.9 Å². The molecule has 0 saturated heterocycles. The van der Waals surface area contributed by atoms with Crippen molar-refractivity contribution < 1.29 is 33.1 Å². The van der Waals surface area contributed by atoms with Crippen LogP contribution in [0.5, 0.6) is 0 Å². The van der Waals surface area contributed by atoms with Crippen LogP contribution >= 0.6 is 8.03 Å². The van der Waals surface area contributed by atoms with Crippen LogP contribution in [-0.2, 0) is 4.57 Å². The molecular formula is C10H11LiO3P+. The van der Waals surface area contributed by atoms with Crippen molar-refractivity contribution in [3.63, 3.8) is 0 Å². The van der Waals surface area contributed by atoms with Crippen LogP contribution in [0.25, 0.3) is 0 Å². The number of carbonyl (C=O) groups is 1. The number of carbonyl (C=O) groups excluding carboxylic acids is 1. The van der Waals surface area contributed by atoms with Gasteiger partial charge in [-0.1, -0.05) is 22.3 Å². The zero-order valence-corrected chi connectivity index (χ0v) is 10.2. The molecule has 1 atom stereocenters. The summed E-state index contributed by atoms with van der Waals surface area (Å²) in [6.45, 7) is 5.39. The van der Waals surface area contributed by atoms with Gasteiger partial charge in [0.25, 0.3) is 0 Å². The molecule has 1 unspecified atom stereocenters. The minimum atomic E-state index is -3.02. The Morgan fingerprint density at radius 2 is 1.60 bits per heavy atom. The largest absolute Gasteiger partial charge is 1.00 e. The molecule has 0 heterocycles. The van der Waals surface area contributed by atoms with E-state index in [1.165, 1.54) is 0 Å². The molecule has 0 spiro atoms. The summed E-state index contributed by atoms with van der Waals surface area (Å²) in [5, 5.41) is 0. The molecule has 74 valence electrons. The van der Waals surface area contributed by atoms with Gasteiger partial charge in [0.1, 0.15) is 0 Å². The van der Waals surface area contributed by atoms with Crippen molar-refractivity contribution in [3.05, 3.63) is 34.4 Å². The molecule has 0 N–H and O–H groups in total. The van der Waals surface area contributed by atoms with Crippen molar-refractivity contribution >= 4 is 13.6 Å². The average molecular weight is 217 g/mol. The minimum Gasteiger partial charge on any atom is -0.588 e. The van der Waals surface area contributed by atoms with E-state index in [4.69, 9.17) is 0 Å². The summed E-state index contributed by atoms with van der Waals surface area (Å²) in [6.07, 6.45) is 0. The molecule has 0 aromatic heterocycles. The maximum Gasteiger partial charge on any atom is 1.00 e. The Balaban J connectivity index is 0.00000196. The summed E-state index contributed by atoms with van der Waals surface area (Å²) in [5.74, 6) is 0. The Hall–Kier alpha value is -0.453. The molecule has 1 aromatic rings. The molecule has 0 aliphatic carbocycles. The molecule has 3 nitrogen and oxygen atoms in total.